The summed E-state index contributed by atoms with van der Waals surface area (Å²) in [7, 11) is -3.20. The van der Waals surface area contributed by atoms with Crippen LogP contribution < -0.4 is 3.07 Å². The summed E-state index contributed by atoms with van der Waals surface area (Å²) in [5.41, 5.74) is 0. The molecule has 0 saturated carbocycles. The Bertz CT molecular complexity index is 359. The van der Waals surface area contributed by atoms with E-state index in [9.17, 15) is 8.42 Å². The number of nitrogens with zero attached hydrogens (tertiary/aromatic N) is 1. The Hall–Kier alpha value is -0.370. The first-order valence-electron chi connectivity index (χ1n) is 2.99. The molecular weight excluding hydrogens is 293 g/mol. The summed E-state index contributed by atoms with van der Waals surface area (Å²) in [5.74, 6) is 0.531. The Morgan fingerprint density at radius 1 is 1.50 bits per heavy atom. The molecule has 4 nitrogen and oxygen atoms in total. The molecule has 66 valence electrons. The highest BCUT2D eigenvalue weighted by Gasteiger charge is 2.07. The molecule has 12 heavy (non-hydrogen) atoms. The van der Waals surface area contributed by atoms with Gasteiger partial charge in [-0.3, -0.25) is 0 Å². The summed E-state index contributed by atoms with van der Waals surface area (Å²) in [5, 5.41) is 0.0553. The van der Waals surface area contributed by atoms with Crippen molar-refractivity contribution < 1.29 is 11.5 Å². The zero-order chi connectivity index (χ0) is 9.19. The van der Waals surface area contributed by atoms with Gasteiger partial charge in [-0.2, -0.15) is 0 Å². The number of hydrogen-bond donors (Lipinski definition) is 0. The van der Waals surface area contributed by atoms with Gasteiger partial charge in [0, 0.05) is 6.26 Å². The van der Waals surface area contributed by atoms with Crippen LogP contribution in [0.1, 0.15) is 0 Å². The summed E-state index contributed by atoms with van der Waals surface area (Å²) >= 11 is 1.70. The van der Waals surface area contributed by atoms with Gasteiger partial charge in [-0.05, 0) is 12.1 Å². The lowest BCUT2D eigenvalue weighted by molar-refractivity contribution is 0.597. The SMILES string of the molecule is CS(=O)(=O)c1ccc(OI)cn1. The number of halogens is 1. The average molecular weight is 299 g/mol. The minimum absolute atomic E-state index is 0.0553. The number of sulfone groups is 1. The number of rotatable bonds is 2. The minimum Gasteiger partial charge on any atom is -0.426 e. The highest BCUT2D eigenvalue weighted by Crippen LogP contribution is 2.13. The smallest absolute Gasteiger partial charge is 0.192 e. The highest BCUT2D eigenvalue weighted by molar-refractivity contribution is 14.1. The van der Waals surface area contributed by atoms with E-state index >= 15 is 0 Å². The van der Waals surface area contributed by atoms with Crippen molar-refractivity contribution in [1.82, 2.24) is 4.98 Å². The lowest BCUT2D eigenvalue weighted by Crippen LogP contribution is -1.99. The van der Waals surface area contributed by atoms with Gasteiger partial charge < -0.3 is 3.07 Å². The van der Waals surface area contributed by atoms with Gasteiger partial charge in [-0.15, -0.1) is 0 Å². The third-order valence-electron chi connectivity index (χ3n) is 1.18. The second-order valence-corrected chi connectivity index (χ2v) is 4.58. The van der Waals surface area contributed by atoms with Crippen molar-refractivity contribution in [3.63, 3.8) is 0 Å². The molecule has 0 bridgehead atoms. The van der Waals surface area contributed by atoms with Crippen LogP contribution in [0.2, 0.25) is 0 Å². The lowest BCUT2D eigenvalue weighted by atomic mass is 10.5. The fourth-order valence-electron chi connectivity index (χ4n) is 0.632. The first kappa shape index (κ1) is 9.72. The predicted octanol–water partition coefficient (Wildman–Crippen LogP) is 1.21. The topological polar surface area (TPSA) is 56.3 Å². The van der Waals surface area contributed by atoms with Crippen molar-refractivity contribution in [3.8, 4) is 5.75 Å². The average Bonchev–Trinajstić information content (AvgIpc) is 2.03. The van der Waals surface area contributed by atoms with Crippen molar-refractivity contribution in [3.05, 3.63) is 18.3 Å². The summed E-state index contributed by atoms with van der Waals surface area (Å²) in [6.07, 6.45) is 2.47. The third kappa shape index (κ3) is 2.31. The standard InChI is InChI=1S/C6H6INO3S/c1-12(9,10)6-3-2-5(11-7)4-8-6/h2-4H,1H3. The predicted molar refractivity (Wildman–Crippen MR) is 52.0 cm³/mol. The molecule has 0 atom stereocenters. The number of aromatic nitrogens is 1. The summed E-state index contributed by atoms with van der Waals surface area (Å²) in [4.78, 5) is 3.70. The Morgan fingerprint density at radius 2 is 2.17 bits per heavy atom. The van der Waals surface area contributed by atoms with E-state index in [1.807, 2.05) is 0 Å². The van der Waals surface area contributed by atoms with E-state index in [0.29, 0.717) is 5.75 Å². The van der Waals surface area contributed by atoms with Crippen LogP contribution in [0.15, 0.2) is 23.4 Å². The van der Waals surface area contributed by atoms with E-state index in [1.54, 1.807) is 29.1 Å². The van der Waals surface area contributed by atoms with Crippen LogP contribution in [0, 0.1) is 0 Å². The van der Waals surface area contributed by atoms with Crippen molar-refractivity contribution in [1.29, 1.82) is 0 Å². The zero-order valence-corrected chi connectivity index (χ0v) is 9.16. The van der Waals surface area contributed by atoms with Crippen LogP contribution >= 0.6 is 23.0 Å². The molecule has 0 spiro atoms. The van der Waals surface area contributed by atoms with Gasteiger partial charge in [0.05, 0.1) is 6.20 Å². The Labute approximate surface area is 84.6 Å². The fraction of sp³-hybridized carbons (Fsp3) is 0.167. The Kier molecular flexibility index (Phi) is 2.89. The molecular formula is C6H6INO3S. The maximum atomic E-state index is 10.9. The van der Waals surface area contributed by atoms with Crippen molar-refractivity contribution in [2.45, 2.75) is 5.03 Å². The van der Waals surface area contributed by atoms with Gasteiger partial charge in [0.15, 0.2) is 43.6 Å². The molecule has 0 N–H and O–H groups in total. The molecule has 0 aliphatic rings. The van der Waals surface area contributed by atoms with Crippen LogP contribution in [0.3, 0.4) is 0 Å². The number of hydrogen-bond acceptors (Lipinski definition) is 4. The Morgan fingerprint density at radius 3 is 2.50 bits per heavy atom. The lowest BCUT2D eigenvalue weighted by Gasteiger charge is -1.97. The molecule has 0 saturated heterocycles. The molecule has 0 unspecified atom stereocenters. The van der Waals surface area contributed by atoms with Crippen molar-refractivity contribution in [2.24, 2.45) is 0 Å². The second-order valence-electron chi connectivity index (χ2n) is 2.18. The quantitative estimate of drug-likeness (QED) is 0.770. The minimum atomic E-state index is -3.20. The molecule has 0 aliphatic carbocycles. The van der Waals surface area contributed by atoms with Crippen LogP contribution in [0.4, 0.5) is 0 Å². The van der Waals surface area contributed by atoms with Gasteiger partial charge in [0.1, 0.15) is 0 Å². The molecule has 0 fully saturated rings. The van der Waals surface area contributed by atoms with Gasteiger partial charge in [-0.25, -0.2) is 13.4 Å². The van der Waals surface area contributed by atoms with Crippen molar-refractivity contribution >= 4 is 32.8 Å². The molecule has 6 heteroatoms. The molecule has 0 aromatic carbocycles. The van der Waals surface area contributed by atoms with Crippen LogP contribution in [0.25, 0.3) is 0 Å². The number of pyridine rings is 1. The largest absolute Gasteiger partial charge is 0.426 e. The van der Waals surface area contributed by atoms with Crippen molar-refractivity contribution in [2.75, 3.05) is 6.26 Å². The van der Waals surface area contributed by atoms with E-state index in [4.69, 9.17) is 3.07 Å². The summed E-state index contributed by atoms with van der Waals surface area (Å²) in [6, 6.07) is 2.96. The van der Waals surface area contributed by atoms with E-state index in [-0.39, 0.29) is 5.03 Å². The van der Waals surface area contributed by atoms with Gasteiger partial charge in [-0.1, -0.05) is 0 Å². The van der Waals surface area contributed by atoms with Gasteiger partial charge in [0.2, 0.25) is 0 Å². The molecule has 0 amide bonds. The third-order valence-corrected chi connectivity index (χ3v) is 2.69. The maximum Gasteiger partial charge on any atom is 0.192 e. The zero-order valence-electron chi connectivity index (χ0n) is 6.19. The molecule has 0 radical (unpaired) electrons. The van der Waals surface area contributed by atoms with Crippen LogP contribution in [0.5, 0.6) is 5.75 Å². The normalized spacial score (nSPS) is 11.2. The molecule has 1 aromatic rings. The summed E-state index contributed by atoms with van der Waals surface area (Å²) in [6.45, 7) is 0. The van der Waals surface area contributed by atoms with E-state index in [0.717, 1.165) is 6.26 Å². The van der Waals surface area contributed by atoms with E-state index in [2.05, 4.69) is 4.98 Å². The fourth-order valence-corrected chi connectivity index (χ4v) is 1.45. The second kappa shape index (κ2) is 3.56. The highest BCUT2D eigenvalue weighted by atomic mass is 127. The van der Waals surface area contributed by atoms with E-state index < -0.39 is 9.84 Å². The van der Waals surface area contributed by atoms with Gasteiger partial charge >= 0.3 is 0 Å². The first-order chi connectivity index (χ1) is 5.54. The monoisotopic (exact) mass is 299 g/mol. The molecule has 1 rings (SSSR count). The van der Waals surface area contributed by atoms with E-state index in [1.165, 1.54) is 12.3 Å². The van der Waals surface area contributed by atoms with Gasteiger partial charge in [0.25, 0.3) is 0 Å². The van der Waals surface area contributed by atoms with Crippen LogP contribution in [-0.4, -0.2) is 19.7 Å². The molecule has 1 heterocycles. The summed E-state index contributed by atoms with van der Waals surface area (Å²) < 4.78 is 26.6. The maximum absolute atomic E-state index is 10.9. The molecule has 1 aromatic heterocycles. The molecule has 0 aliphatic heterocycles. The first-order valence-corrected chi connectivity index (χ1v) is 5.76. The Balaban J connectivity index is 3.09. The van der Waals surface area contributed by atoms with Crippen LogP contribution in [-0.2, 0) is 9.84 Å².